The Balaban J connectivity index is 2.49. The molecule has 0 aliphatic carbocycles. The molecule has 0 saturated heterocycles. The number of thiocarbonyl (C=S) groups is 1. The van der Waals surface area contributed by atoms with Gasteiger partial charge in [-0.3, -0.25) is 0 Å². The van der Waals surface area contributed by atoms with Gasteiger partial charge in [-0.05, 0) is 31.6 Å². The average molecular weight is 276 g/mol. The predicted octanol–water partition coefficient (Wildman–Crippen LogP) is 1.83. The number of nitrogens with one attached hydrogen (secondary N) is 2. The molecular formula is C14H16N2O2S. The van der Waals surface area contributed by atoms with Crippen molar-refractivity contribution in [3.8, 4) is 0 Å². The zero-order chi connectivity index (χ0) is 13.8. The van der Waals surface area contributed by atoms with Crippen LogP contribution in [-0.4, -0.2) is 23.7 Å². The summed E-state index contributed by atoms with van der Waals surface area (Å²) in [6, 6.07) is 9.45. The van der Waals surface area contributed by atoms with Crippen molar-refractivity contribution in [2.45, 2.75) is 19.9 Å². The Labute approximate surface area is 117 Å². The fourth-order valence-electron chi connectivity index (χ4n) is 2.02. The minimum atomic E-state index is -0.323. The van der Waals surface area contributed by atoms with Gasteiger partial charge in [0.1, 0.15) is 0 Å². The van der Waals surface area contributed by atoms with E-state index in [1.54, 1.807) is 6.92 Å². The maximum absolute atomic E-state index is 12.1. The van der Waals surface area contributed by atoms with Crippen molar-refractivity contribution in [2.75, 3.05) is 6.61 Å². The van der Waals surface area contributed by atoms with E-state index < -0.39 is 0 Å². The number of ether oxygens (including phenoxy) is 1. The summed E-state index contributed by atoms with van der Waals surface area (Å²) in [6.45, 7) is 4.03. The molecule has 1 aromatic rings. The normalized spacial score (nSPS) is 18.6. The monoisotopic (exact) mass is 276 g/mol. The summed E-state index contributed by atoms with van der Waals surface area (Å²) in [4.78, 5) is 12.1. The lowest BCUT2D eigenvalue weighted by molar-refractivity contribution is -0.138. The number of rotatable bonds is 3. The van der Waals surface area contributed by atoms with Crippen molar-refractivity contribution >= 4 is 29.0 Å². The van der Waals surface area contributed by atoms with Gasteiger partial charge in [-0.15, -0.1) is 0 Å². The van der Waals surface area contributed by atoms with E-state index in [0.717, 1.165) is 11.3 Å². The van der Waals surface area contributed by atoms with Gasteiger partial charge in [-0.2, -0.15) is 0 Å². The Hall–Kier alpha value is -1.88. The lowest BCUT2D eigenvalue weighted by Crippen LogP contribution is -2.48. The second-order valence-corrected chi connectivity index (χ2v) is 4.60. The Bertz CT molecular complexity index is 526. The van der Waals surface area contributed by atoms with E-state index in [2.05, 4.69) is 10.6 Å². The quantitative estimate of drug-likeness (QED) is 0.651. The van der Waals surface area contributed by atoms with Crippen LogP contribution in [0.15, 0.2) is 35.9 Å². The van der Waals surface area contributed by atoms with Crippen LogP contribution < -0.4 is 10.6 Å². The second-order valence-electron chi connectivity index (χ2n) is 4.20. The van der Waals surface area contributed by atoms with E-state index >= 15 is 0 Å². The first kappa shape index (κ1) is 13.5. The van der Waals surface area contributed by atoms with Crippen LogP contribution in [0.5, 0.6) is 0 Å². The number of carbonyl (C=O) groups excluding carboxylic acids is 1. The first-order valence-corrected chi connectivity index (χ1v) is 6.58. The third kappa shape index (κ3) is 2.93. The van der Waals surface area contributed by atoms with E-state index in [-0.39, 0.29) is 12.0 Å². The van der Waals surface area contributed by atoms with Crippen molar-refractivity contribution in [1.82, 2.24) is 10.6 Å². The van der Waals surface area contributed by atoms with Gasteiger partial charge in [-0.1, -0.05) is 30.3 Å². The summed E-state index contributed by atoms with van der Waals surface area (Å²) >= 11 is 5.16. The highest BCUT2D eigenvalue weighted by molar-refractivity contribution is 7.80. The predicted molar refractivity (Wildman–Crippen MR) is 78.3 cm³/mol. The van der Waals surface area contributed by atoms with Crippen LogP contribution in [0, 0.1) is 0 Å². The molecule has 0 amide bonds. The van der Waals surface area contributed by atoms with Gasteiger partial charge in [-0.25, -0.2) is 4.79 Å². The highest BCUT2D eigenvalue weighted by atomic mass is 32.1. The molecule has 1 aliphatic heterocycles. The van der Waals surface area contributed by atoms with Crippen LogP contribution in [0.2, 0.25) is 0 Å². The van der Waals surface area contributed by atoms with Crippen LogP contribution >= 0.6 is 12.2 Å². The number of esters is 1. The van der Waals surface area contributed by atoms with Crippen molar-refractivity contribution < 1.29 is 9.53 Å². The molecule has 0 saturated carbocycles. The summed E-state index contributed by atoms with van der Waals surface area (Å²) in [5, 5.41) is 6.59. The largest absolute Gasteiger partial charge is 0.463 e. The maximum atomic E-state index is 12.1. The number of hydrogen-bond donors (Lipinski definition) is 2. The molecule has 1 atom stereocenters. The molecule has 1 aromatic carbocycles. The zero-order valence-electron chi connectivity index (χ0n) is 10.9. The Morgan fingerprint density at radius 3 is 2.68 bits per heavy atom. The molecule has 0 bridgehead atoms. The molecule has 19 heavy (non-hydrogen) atoms. The van der Waals surface area contributed by atoms with Crippen LogP contribution in [0.1, 0.15) is 19.4 Å². The van der Waals surface area contributed by atoms with E-state index in [9.17, 15) is 4.79 Å². The van der Waals surface area contributed by atoms with Crippen molar-refractivity contribution in [1.29, 1.82) is 0 Å². The van der Waals surface area contributed by atoms with Crippen molar-refractivity contribution in [2.24, 2.45) is 0 Å². The number of carbonyl (C=O) groups is 1. The average Bonchev–Trinajstić information content (AvgIpc) is 2.39. The fourth-order valence-corrected chi connectivity index (χ4v) is 2.30. The molecule has 0 aromatic heterocycles. The van der Waals surface area contributed by atoms with Crippen LogP contribution in [0.4, 0.5) is 0 Å². The Kier molecular flexibility index (Phi) is 4.16. The number of benzene rings is 1. The third-order valence-corrected chi connectivity index (χ3v) is 3.07. The first-order chi connectivity index (χ1) is 9.13. The molecule has 0 spiro atoms. The molecule has 5 heteroatoms. The molecule has 2 N–H and O–H groups in total. The highest BCUT2D eigenvalue weighted by Gasteiger charge is 2.28. The van der Waals surface area contributed by atoms with E-state index in [0.29, 0.717) is 17.3 Å². The van der Waals surface area contributed by atoms with Gasteiger partial charge in [0.15, 0.2) is 5.11 Å². The van der Waals surface area contributed by atoms with Gasteiger partial charge < -0.3 is 15.4 Å². The summed E-state index contributed by atoms with van der Waals surface area (Å²) in [7, 11) is 0. The molecule has 0 radical (unpaired) electrons. The molecule has 0 fully saturated rings. The second kappa shape index (κ2) is 5.84. The standard InChI is InChI=1S/C14H16N2O2S/c1-3-18-13(17)11-9(2)15-14(19)16-12(11)10-7-5-4-6-8-10/h4-9H,3H2,1-2H3,(H2,15,16,19)/t9-/m1/s1. The minimum absolute atomic E-state index is 0.178. The summed E-state index contributed by atoms with van der Waals surface area (Å²) < 4.78 is 5.12. The highest BCUT2D eigenvalue weighted by Crippen LogP contribution is 2.22. The van der Waals surface area contributed by atoms with Gasteiger partial charge in [0, 0.05) is 0 Å². The molecule has 2 rings (SSSR count). The van der Waals surface area contributed by atoms with Gasteiger partial charge in [0.25, 0.3) is 0 Å². The van der Waals surface area contributed by atoms with Gasteiger partial charge in [0.05, 0.1) is 23.9 Å². The van der Waals surface area contributed by atoms with E-state index in [1.807, 2.05) is 37.3 Å². The summed E-state index contributed by atoms with van der Waals surface area (Å²) in [6.07, 6.45) is 0. The zero-order valence-corrected chi connectivity index (χ0v) is 11.7. The molecule has 4 nitrogen and oxygen atoms in total. The Morgan fingerprint density at radius 1 is 1.37 bits per heavy atom. The fraction of sp³-hybridized carbons (Fsp3) is 0.286. The van der Waals surface area contributed by atoms with E-state index in [4.69, 9.17) is 17.0 Å². The maximum Gasteiger partial charge on any atom is 0.338 e. The topological polar surface area (TPSA) is 50.4 Å². The Morgan fingerprint density at radius 2 is 2.05 bits per heavy atom. The summed E-state index contributed by atoms with van der Waals surface area (Å²) in [5.74, 6) is -0.323. The molecule has 100 valence electrons. The van der Waals surface area contributed by atoms with Crippen LogP contribution in [-0.2, 0) is 9.53 Å². The molecule has 1 heterocycles. The smallest absolute Gasteiger partial charge is 0.338 e. The SMILES string of the molecule is CCOC(=O)C1=C(c2ccccc2)NC(=S)N[C@@H]1C. The van der Waals surface area contributed by atoms with Crippen LogP contribution in [0.25, 0.3) is 5.70 Å². The molecular weight excluding hydrogens is 260 g/mol. The van der Waals surface area contributed by atoms with E-state index in [1.165, 1.54) is 0 Å². The lowest BCUT2D eigenvalue weighted by atomic mass is 9.99. The number of hydrogen-bond acceptors (Lipinski definition) is 3. The van der Waals surface area contributed by atoms with Crippen LogP contribution in [0.3, 0.4) is 0 Å². The minimum Gasteiger partial charge on any atom is -0.463 e. The third-order valence-electron chi connectivity index (χ3n) is 2.85. The van der Waals surface area contributed by atoms with Crippen molar-refractivity contribution in [3.05, 3.63) is 41.5 Å². The van der Waals surface area contributed by atoms with Gasteiger partial charge in [0.2, 0.25) is 0 Å². The molecule has 0 unspecified atom stereocenters. The lowest BCUT2D eigenvalue weighted by Gasteiger charge is -2.28. The first-order valence-electron chi connectivity index (χ1n) is 6.17. The van der Waals surface area contributed by atoms with Gasteiger partial charge >= 0.3 is 5.97 Å². The van der Waals surface area contributed by atoms with Crippen molar-refractivity contribution in [3.63, 3.8) is 0 Å². The molecule has 1 aliphatic rings. The summed E-state index contributed by atoms with van der Waals surface area (Å²) in [5.41, 5.74) is 2.21.